The van der Waals surface area contributed by atoms with Crippen LogP contribution >= 0.6 is 15.9 Å². The Labute approximate surface area is 131 Å². The van der Waals surface area contributed by atoms with Crippen LogP contribution < -0.4 is 14.8 Å². The summed E-state index contributed by atoms with van der Waals surface area (Å²) in [4.78, 5) is 16.1. The summed E-state index contributed by atoms with van der Waals surface area (Å²) in [6.45, 7) is 0. The van der Waals surface area contributed by atoms with Crippen molar-refractivity contribution in [2.75, 3.05) is 19.5 Å². The van der Waals surface area contributed by atoms with Crippen LogP contribution in [0.15, 0.2) is 41.1 Å². The van der Waals surface area contributed by atoms with Gasteiger partial charge in [0.2, 0.25) is 5.91 Å². The summed E-state index contributed by atoms with van der Waals surface area (Å²) < 4.78 is 11.1. The molecule has 1 aromatic carbocycles. The second kappa shape index (κ2) is 7.08. The van der Waals surface area contributed by atoms with Crippen molar-refractivity contribution in [1.82, 2.24) is 4.98 Å². The summed E-state index contributed by atoms with van der Waals surface area (Å²) >= 11 is 3.25. The fraction of sp³-hybridized carbons (Fsp3) is 0.200. The zero-order valence-corrected chi connectivity index (χ0v) is 13.3. The number of anilines is 1. The van der Waals surface area contributed by atoms with E-state index in [9.17, 15) is 4.79 Å². The molecule has 0 unspecified atom stereocenters. The number of nitrogens with zero attached hydrogens (tertiary/aromatic N) is 1. The molecule has 0 aliphatic heterocycles. The third kappa shape index (κ3) is 4.19. The maximum absolute atomic E-state index is 12.0. The van der Waals surface area contributed by atoms with E-state index >= 15 is 0 Å². The van der Waals surface area contributed by atoms with E-state index < -0.39 is 0 Å². The number of halogens is 1. The van der Waals surface area contributed by atoms with Crippen molar-refractivity contribution in [2.24, 2.45) is 0 Å². The first kappa shape index (κ1) is 15.3. The lowest BCUT2D eigenvalue weighted by Crippen LogP contribution is -2.14. The molecule has 6 heteroatoms. The molecule has 2 rings (SSSR count). The van der Waals surface area contributed by atoms with E-state index in [1.54, 1.807) is 44.7 Å². The number of carbonyl (C=O) groups excluding carboxylic acids is 1. The summed E-state index contributed by atoms with van der Waals surface area (Å²) in [5, 5.41) is 2.79. The van der Waals surface area contributed by atoms with Crippen molar-refractivity contribution in [3.05, 3.63) is 46.7 Å². The number of nitrogens with one attached hydrogen (secondary N) is 1. The highest BCUT2D eigenvalue weighted by Gasteiger charge is 2.08. The van der Waals surface area contributed by atoms with Gasteiger partial charge in [-0.15, -0.1) is 0 Å². The Hall–Kier alpha value is -2.08. The fourth-order valence-corrected chi connectivity index (χ4v) is 2.07. The SMILES string of the molecule is COc1ccc(CC(=O)Nc2ccc(Br)nc2)cc1OC. The molecule has 0 saturated carbocycles. The molecule has 0 aliphatic carbocycles. The Kier molecular flexibility index (Phi) is 5.16. The standard InChI is InChI=1S/C15H15BrN2O3/c1-20-12-5-3-10(7-13(12)21-2)8-15(19)18-11-4-6-14(16)17-9-11/h3-7,9H,8H2,1-2H3,(H,18,19). The molecular weight excluding hydrogens is 336 g/mol. The van der Waals surface area contributed by atoms with Crippen molar-refractivity contribution >= 4 is 27.5 Å². The highest BCUT2D eigenvalue weighted by molar-refractivity contribution is 9.10. The summed E-state index contributed by atoms with van der Waals surface area (Å²) in [5.41, 5.74) is 1.50. The van der Waals surface area contributed by atoms with Crippen molar-refractivity contribution in [1.29, 1.82) is 0 Å². The van der Waals surface area contributed by atoms with Gasteiger partial charge in [0.15, 0.2) is 11.5 Å². The largest absolute Gasteiger partial charge is 0.493 e. The van der Waals surface area contributed by atoms with Crippen LogP contribution in [0.25, 0.3) is 0 Å². The van der Waals surface area contributed by atoms with E-state index in [-0.39, 0.29) is 12.3 Å². The molecule has 0 radical (unpaired) electrons. The number of hydrogen-bond donors (Lipinski definition) is 1. The lowest BCUT2D eigenvalue weighted by atomic mass is 10.1. The van der Waals surface area contributed by atoms with E-state index in [0.717, 1.165) is 10.2 Å². The van der Waals surface area contributed by atoms with Gasteiger partial charge < -0.3 is 14.8 Å². The van der Waals surface area contributed by atoms with E-state index in [2.05, 4.69) is 26.2 Å². The van der Waals surface area contributed by atoms with Crippen LogP contribution in [0.5, 0.6) is 11.5 Å². The van der Waals surface area contributed by atoms with Crippen LogP contribution in [0.2, 0.25) is 0 Å². The lowest BCUT2D eigenvalue weighted by molar-refractivity contribution is -0.115. The highest BCUT2D eigenvalue weighted by atomic mass is 79.9. The number of rotatable bonds is 5. The van der Waals surface area contributed by atoms with Gasteiger partial charge in [-0.1, -0.05) is 6.07 Å². The molecular formula is C15H15BrN2O3. The zero-order valence-electron chi connectivity index (χ0n) is 11.7. The molecule has 1 amide bonds. The minimum absolute atomic E-state index is 0.119. The van der Waals surface area contributed by atoms with Crippen LogP contribution in [-0.2, 0) is 11.2 Å². The smallest absolute Gasteiger partial charge is 0.228 e. The van der Waals surface area contributed by atoms with Crippen molar-refractivity contribution in [3.63, 3.8) is 0 Å². The number of amides is 1. The Morgan fingerprint density at radius 3 is 2.57 bits per heavy atom. The van der Waals surface area contributed by atoms with Crippen molar-refractivity contribution in [2.45, 2.75) is 6.42 Å². The molecule has 21 heavy (non-hydrogen) atoms. The predicted molar refractivity (Wildman–Crippen MR) is 83.8 cm³/mol. The number of pyridine rings is 1. The van der Waals surface area contributed by atoms with Gasteiger partial charge in [0.1, 0.15) is 4.60 Å². The number of methoxy groups -OCH3 is 2. The summed E-state index contributed by atoms with van der Waals surface area (Å²) in [5.74, 6) is 1.12. The van der Waals surface area contributed by atoms with Gasteiger partial charge in [0, 0.05) is 0 Å². The second-order valence-electron chi connectivity index (χ2n) is 4.28. The summed E-state index contributed by atoms with van der Waals surface area (Å²) in [6, 6.07) is 8.96. The Morgan fingerprint density at radius 2 is 1.95 bits per heavy atom. The van der Waals surface area contributed by atoms with E-state index in [0.29, 0.717) is 17.2 Å². The van der Waals surface area contributed by atoms with E-state index in [1.165, 1.54) is 0 Å². The number of hydrogen-bond acceptors (Lipinski definition) is 4. The molecule has 0 aliphatic rings. The minimum atomic E-state index is -0.119. The third-order valence-electron chi connectivity index (χ3n) is 2.82. The van der Waals surface area contributed by atoms with Gasteiger partial charge in [-0.3, -0.25) is 4.79 Å². The Morgan fingerprint density at radius 1 is 1.19 bits per heavy atom. The van der Waals surface area contributed by atoms with Crippen LogP contribution in [0.3, 0.4) is 0 Å². The molecule has 1 heterocycles. The van der Waals surface area contributed by atoms with Crippen LogP contribution in [0, 0.1) is 0 Å². The second-order valence-corrected chi connectivity index (χ2v) is 5.10. The van der Waals surface area contributed by atoms with Crippen molar-refractivity contribution in [3.8, 4) is 11.5 Å². The van der Waals surface area contributed by atoms with Gasteiger partial charge >= 0.3 is 0 Å². The molecule has 110 valence electrons. The molecule has 0 saturated heterocycles. The number of benzene rings is 1. The molecule has 1 N–H and O–H groups in total. The van der Waals surface area contributed by atoms with Gasteiger partial charge in [-0.2, -0.15) is 0 Å². The van der Waals surface area contributed by atoms with Gasteiger partial charge in [-0.25, -0.2) is 4.98 Å². The van der Waals surface area contributed by atoms with E-state index in [1.807, 2.05) is 6.07 Å². The summed E-state index contributed by atoms with van der Waals surface area (Å²) in [7, 11) is 3.14. The highest BCUT2D eigenvalue weighted by Crippen LogP contribution is 2.27. The number of aromatic nitrogens is 1. The minimum Gasteiger partial charge on any atom is -0.493 e. The number of carbonyl (C=O) groups is 1. The fourth-order valence-electron chi connectivity index (χ4n) is 1.83. The third-order valence-corrected chi connectivity index (χ3v) is 3.29. The van der Waals surface area contributed by atoms with Crippen molar-refractivity contribution < 1.29 is 14.3 Å². The average Bonchev–Trinajstić information content (AvgIpc) is 2.49. The quantitative estimate of drug-likeness (QED) is 0.842. The zero-order chi connectivity index (χ0) is 15.2. The maximum atomic E-state index is 12.0. The monoisotopic (exact) mass is 350 g/mol. The molecule has 5 nitrogen and oxygen atoms in total. The molecule has 0 atom stereocenters. The maximum Gasteiger partial charge on any atom is 0.228 e. The number of ether oxygens (including phenoxy) is 2. The molecule has 2 aromatic rings. The first-order chi connectivity index (χ1) is 10.1. The first-order valence-electron chi connectivity index (χ1n) is 6.24. The lowest BCUT2D eigenvalue weighted by Gasteiger charge is -2.10. The molecule has 0 fully saturated rings. The normalized spacial score (nSPS) is 10.0. The Balaban J connectivity index is 2.04. The molecule has 0 spiro atoms. The summed E-state index contributed by atoms with van der Waals surface area (Å²) in [6.07, 6.45) is 1.84. The first-order valence-corrected chi connectivity index (χ1v) is 7.04. The molecule has 1 aromatic heterocycles. The topological polar surface area (TPSA) is 60.5 Å². The van der Waals surface area contributed by atoms with Gasteiger partial charge in [0.05, 0.1) is 32.5 Å². The van der Waals surface area contributed by atoms with E-state index in [4.69, 9.17) is 9.47 Å². The van der Waals surface area contributed by atoms with Gasteiger partial charge in [-0.05, 0) is 45.8 Å². The van der Waals surface area contributed by atoms with Crippen LogP contribution in [0.4, 0.5) is 5.69 Å². The average molecular weight is 351 g/mol. The van der Waals surface area contributed by atoms with Crippen LogP contribution in [0.1, 0.15) is 5.56 Å². The predicted octanol–water partition coefficient (Wildman–Crippen LogP) is 3.04. The van der Waals surface area contributed by atoms with Gasteiger partial charge in [0.25, 0.3) is 0 Å². The Bertz CT molecular complexity index is 629. The van der Waals surface area contributed by atoms with Crippen LogP contribution in [-0.4, -0.2) is 25.1 Å². The molecule has 0 bridgehead atoms.